The van der Waals surface area contributed by atoms with Crippen molar-refractivity contribution in [3.63, 3.8) is 0 Å². The summed E-state index contributed by atoms with van der Waals surface area (Å²) in [6, 6.07) is 5.30. The van der Waals surface area contributed by atoms with Gasteiger partial charge in [-0.15, -0.1) is 11.3 Å². The highest BCUT2D eigenvalue weighted by molar-refractivity contribution is 7.89. The van der Waals surface area contributed by atoms with E-state index < -0.39 is 10.0 Å². The molecule has 0 saturated carbocycles. The van der Waals surface area contributed by atoms with Crippen LogP contribution >= 0.6 is 11.3 Å². The summed E-state index contributed by atoms with van der Waals surface area (Å²) in [5.41, 5.74) is 2.14. The molecule has 0 spiro atoms. The zero-order valence-corrected chi connectivity index (χ0v) is 18.3. The molecule has 148 valence electrons. The van der Waals surface area contributed by atoms with E-state index in [9.17, 15) is 13.2 Å². The molecule has 1 aromatic heterocycles. The average molecular weight is 410 g/mol. The molecule has 0 fully saturated rings. The number of nitrogens with zero attached hydrogens (tertiary/aromatic N) is 1. The molecule has 2 rings (SSSR count). The molecule has 0 atom stereocenters. The van der Waals surface area contributed by atoms with Crippen molar-refractivity contribution < 1.29 is 13.2 Å². The molecular weight excluding hydrogens is 382 g/mol. The Labute approximate surface area is 165 Å². The summed E-state index contributed by atoms with van der Waals surface area (Å²) in [5, 5.41) is 3.66. The number of sulfonamides is 1. The zero-order chi connectivity index (χ0) is 20.4. The van der Waals surface area contributed by atoms with Crippen LogP contribution in [0, 0.1) is 20.8 Å². The Hall–Kier alpha value is -1.77. The molecule has 2 N–H and O–H groups in total. The maximum absolute atomic E-state index is 12.5. The number of nitrogens with one attached hydrogen (secondary N) is 2. The lowest BCUT2D eigenvalue weighted by atomic mass is 9.98. The number of aromatic nitrogens is 1. The Morgan fingerprint density at radius 2 is 1.81 bits per heavy atom. The largest absolute Gasteiger partial charge is 0.350 e. The Balaban J connectivity index is 1.96. The molecule has 1 amide bonds. The first-order chi connectivity index (χ1) is 12.4. The van der Waals surface area contributed by atoms with E-state index in [4.69, 9.17) is 0 Å². The lowest BCUT2D eigenvalue weighted by molar-refractivity contribution is 0.0957. The summed E-state index contributed by atoms with van der Waals surface area (Å²) in [7, 11) is -3.61. The monoisotopic (exact) mass is 409 g/mol. The minimum Gasteiger partial charge on any atom is -0.350 e. The molecule has 27 heavy (non-hydrogen) atoms. The van der Waals surface area contributed by atoms with Gasteiger partial charge in [-0.05, 0) is 38.0 Å². The summed E-state index contributed by atoms with van der Waals surface area (Å²) in [4.78, 5) is 17.7. The first-order valence-corrected chi connectivity index (χ1v) is 11.0. The van der Waals surface area contributed by atoms with Gasteiger partial charge in [0.05, 0.1) is 15.6 Å². The lowest BCUT2D eigenvalue weighted by Gasteiger charge is -2.13. The van der Waals surface area contributed by atoms with Gasteiger partial charge in [0.15, 0.2) is 0 Å². The predicted molar refractivity (Wildman–Crippen MR) is 109 cm³/mol. The predicted octanol–water partition coefficient (Wildman–Crippen LogP) is 3.07. The molecule has 1 heterocycles. The van der Waals surface area contributed by atoms with Crippen LogP contribution in [-0.2, 0) is 15.4 Å². The van der Waals surface area contributed by atoms with Crippen LogP contribution in [0.1, 0.15) is 52.3 Å². The average Bonchev–Trinajstić information content (AvgIpc) is 2.96. The maximum atomic E-state index is 12.5. The van der Waals surface area contributed by atoms with E-state index in [1.54, 1.807) is 19.1 Å². The first kappa shape index (κ1) is 21.5. The quantitative estimate of drug-likeness (QED) is 0.718. The fourth-order valence-electron chi connectivity index (χ4n) is 2.44. The van der Waals surface area contributed by atoms with E-state index in [1.807, 2.05) is 19.9 Å². The van der Waals surface area contributed by atoms with Gasteiger partial charge < -0.3 is 5.32 Å². The number of carbonyl (C=O) groups is 1. The minimum atomic E-state index is -3.61. The van der Waals surface area contributed by atoms with Gasteiger partial charge in [-0.2, -0.15) is 0 Å². The van der Waals surface area contributed by atoms with Crippen molar-refractivity contribution >= 4 is 27.3 Å². The molecule has 0 aliphatic heterocycles. The van der Waals surface area contributed by atoms with Gasteiger partial charge in [-0.3, -0.25) is 4.79 Å². The number of aryl methyl sites for hydroxylation is 3. The number of thiazole rings is 1. The number of hydrogen-bond acceptors (Lipinski definition) is 5. The minimum absolute atomic E-state index is 0.116. The van der Waals surface area contributed by atoms with Crippen molar-refractivity contribution in [1.29, 1.82) is 0 Å². The zero-order valence-electron chi connectivity index (χ0n) is 16.6. The standard InChI is InChI=1S/C19H27N3O3S2/c1-12-7-8-13(2)15(11-12)27(24,25)21-10-9-20-17(23)16-14(3)22-18(26-16)19(4,5)6/h7-8,11,21H,9-10H2,1-6H3,(H,20,23). The van der Waals surface area contributed by atoms with Crippen molar-refractivity contribution in [2.24, 2.45) is 0 Å². The van der Waals surface area contributed by atoms with Crippen molar-refractivity contribution in [3.8, 4) is 0 Å². The molecule has 0 unspecified atom stereocenters. The van der Waals surface area contributed by atoms with Gasteiger partial charge in [0.2, 0.25) is 10.0 Å². The summed E-state index contributed by atoms with van der Waals surface area (Å²) < 4.78 is 27.5. The summed E-state index contributed by atoms with van der Waals surface area (Å²) in [6.07, 6.45) is 0. The number of amides is 1. The van der Waals surface area contributed by atoms with Crippen LogP contribution in [0.25, 0.3) is 0 Å². The molecule has 6 nitrogen and oxygen atoms in total. The van der Waals surface area contributed by atoms with Gasteiger partial charge in [-0.1, -0.05) is 32.9 Å². The molecule has 0 saturated heterocycles. The van der Waals surface area contributed by atoms with Crippen molar-refractivity contribution in [1.82, 2.24) is 15.0 Å². The van der Waals surface area contributed by atoms with Gasteiger partial charge >= 0.3 is 0 Å². The van der Waals surface area contributed by atoms with Crippen LogP contribution in [0.4, 0.5) is 0 Å². The van der Waals surface area contributed by atoms with Gasteiger partial charge in [0, 0.05) is 18.5 Å². The third-order valence-electron chi connectivity index (χ3n) is 3.98. The fraction of sp³-hybridized carbons (Fsp3) is 0.474. The highest BCUT2D eigenvalue weighted by Gasteiger charge is 2.23. The van der Waals surface area contributed by atoms with Crippen LogP contribution in [0.2, 0.25) is 0 Å². The van der Waals surface area contributed by atoms with Gasteiger partial charge in [0.25, 0.3) is 5.91 Å². The Morgan fingerprint density at radius 1 is 1.15 bits per heavy atom. The van der Waals surface area contributed by atoms with E-state index in [0.29, 0.717) is 16.1 Å². The highest BCUT2D eigenvalue weighted by atomic mass is 32.2. The summed E-state index contributed by atoms with van der Waals surface area (Å²) in [6.45, 7) is 11.9. The molecular formula is C19H27N3O3S2. The Bertz CT molecular complexity index is 942. The second kappa shape index (κ2) is 8.08. The number of carbonyl (C=O) groups excluding carboxylic acids is 1. The molecule has 0 bridgehead atoms. The molecule has 0 aliphatic carbocycles. The van der Waals surface area contributed by atoms with Crippen molar-refractivity contribution in [2.45, 2.75) is 51.9 Å². The number of benzene rings is 1. The highest BCUT2D eigenvalue weighted by Crippen LogP contribution is 2.29. The van der Waals surface area contributed by atoms with E-state index >= 15 is 0 Å². The summed E-state index contributed by atoms with van der Waals surface area (Å²) in [5.74, 6) is -0.230. The summed E-state index contributed by atoms with van der Waals surface area (Å²) >= 11 is 1.38. The van der Waals surface area contributed by atoms with Crippen LogP contribution < -0.4 is 10.0 Å². The van der Waals surface area contributed by atoms with E-state index in [1.165, 1.54) is 11.3 Å². The molecule has 0 aliphatic rings. The van der Waals surface area contributed by atoms with Crippen LogP contribution in [0.5, 0.6) is 0 Å². The second-order valence-electron chi connectivity index (χ2n) is 7.61. The van der Waals surface area contributed by atoms with Gasteiger partial charge in [-0.25, -0.2) is 18.1 Å². The van der Waals surface area contributed by atoms with E-state index in [0.717, 1.165) is 10.6 Å². The molecule has 8 heteroatoms. The van der Waals surface area contributed by atoms with E-state index in [-0.39, 0.29) is 29.3 Å². The first-order valence-electron chi connectivity index (χ1n) is 8.75. The Morgan fingerprint density at radius 3 is 2.41 bits per heavy atom. The topological polar surface area (TPSA) is 88.2 Å². The van der Waals surface area contributed by atoms with Crippen molar-refractivity contribution in [3.05, 3.63) is 44.9 Å². The fourth-order valence-corrected chi connectivity index (χ4v) is 4.84. The lowest BCUT2D eigenvalue weighted by Crippen LogP contribution is -2.34. The number of hydrogen-bond donors (Lipinski definition) is 2. The molecule has 1 aromatic carbocycles. The second-order valence-corrected chi connectivity index (χ2v) is 10.3. The normalized spacial score (nSPS) is 12.2. The maximum Gasteiger partial charge on any atom is 0.263 e. The number of rotatable bonds is 6. The van der Waals surface area contributed by atoms with E-state index in [2.05, 4.69) is 35.8 Å². The van der Waals surface area contributed by atoms with Crippen molar-refractivity contribution in [2.75, 3.05) is 13.1 Å². The third kappa shape index (κ3) is 5.37. The molecule has 2 aromatic rings. The molecule has 0 radical (unpaired) electrons. The smallest absolute Gasteiger partial charge is 0.263 e. The SMILES string of the molecule is Cc1ccc(C)c(S(=O)(=O)NCCNC(=O)c2sc(C(C)(C)C)nc2C)c1. The van der Waals surface area contributed by atoms with Crippen LogP contribution in [0.15, 0.2) is 23.1 Å². The van der Waals surface area contributed by atoms with Crippen LogP contribution in [0.3, 0.4) is 0 Å². The van der Waals surface area contributed by atoms with Crippen LogP contribution in [-0.4, -0.2) is 32.4 Å². The van der Waals surface area contributed by atoms with Gasteiger partial charge in [0.1, 0.15) is 4.88 Å². The third-order valence-corrected chi connectivity index (χ3v) is 7.17. The Kier molecular flexibility index (Phi) is 6.44.